The zero-order valence-corrected chi connectivity index (χ0v) is 17.8. The van der Waals surface area contributed by atoms with Gasteiger partial charge in [-0.15, -0.1) is 0 Å². The van der Waals surface area contributed by atoms with Crippen LogP contribution in [0.4, 0.5) is 14.5 Å². The van der Waals surface area contributed by atoms with E-state index in [0.717, 1.165) is 29.2 Å². The smallest absolute Gasteiger partial charge is 0.295 e. The van der Waals surface area contributed by atoms with Gasteiger partial charge >= 0.3 is 0 Å². The van der Waals surface area contributed by atoms with Gasteiger partial charge in [-0.2, -0.15) is 0 Å². The molecule has 1 N–H and O–H groups in total. The quantitative estimate of drug-likeness (QED) is 0.400. The lowest BCUT2D eigenvalue weighted by atomic mass is 9.95. The van der Waals surface area contributed by atoms with E-state index in [0.29, 0.717) is 11.1 Å². The molecule has 1 saturated heterocycles. The van der Waals surface area contributed by atoms with Crippen molar-refractivity contribution in [1.82, 2.24) is 4.90 Å². The average molecular weight is 428 g/mol. The molecule has 1 fully saturated rings. The molecule has 31 heavy (non-hydrogen) atoms. The maximum atomic E-state index is 13.2. The Morgan fingerprint density at radius 1 is 1.03 bits per heavy atom. The molecule has 1 heterocycles. The number of hydrogen-bond acceptors (Lipinski definition) is 4. The molecule has 2 aromatic rings. The number of aliphatic hydroxyl groups excluding tert-OH is 1. The third kappa shape index (κ3) is 4.45. The molecule has 1 aliphatic heterocycles. The molecule has 0 aliphatic carbocycles. The summed E-state index contributed by atoms with van der Waals surface area (Å²) in [6, 6.07) is 12.8. The van der Waals surface area contributed by atoms with E-state index < -0.39 is 30.7 Å². The normalized spacial score (nSPS) is 18.1. The fourth-order valence-electron chi connectivity index (χ4n) is 3.89. The van der Waals surface area contributed by atoms with E-state index in [2.05, 4.69) is 4.90 Å². The van der Waals surface area contributed by atoms with Gasteiger partial charge in [-0.05, 0) is 38.5 Å². The van der Waals surface area contributed by atoms with Crippen LogP contribution >= 0.6 is 0 Å². The zero-order chi connectivity index (χ0) is 22.7. The van der Waals surface area contributed by atoms with Gasteiger partial charge in [0, 0.05) is 24.3 Å². The van der Waals surface area contributed by atoms with Crippen molar-refractivity contribution in [3.8, 4) is 0 Å². The Labute approximate surface area is 180 Å². The molecule has 1 aliphatic rings. The predicted molar refractivity (Wildman–Crippen MR) is 116 cm³/mol. The predicted octanol–water partition coefficient (Wildman–Crippen LogP) is 4.53. The molecule has 0 saturated carbocycles. The summed E-state index contributed by atoms with van der Waals surface area (Å²) in [4.78, 5) is 28.3. The number of hydrogen-bond donors (Lipinski definition) is 1. The highest BCUT2D eigenvalue weighted by atomic mass is 19.3. The maximum Gasteiger partial charge on any atom is 0.295 e. The molecule has 0 spiro atoms. The van der Waals surface area contributed by atoms with Crippen LogP contribution in [0.2, 0.25) is 0 Å². The second kappa shape index (κ2) is 9.29. The maximum absolute atomic E-state index is 13.2. The van der Waals surface area contributed by atoms with Gasteiger partial charge in [0.25, 0.3) is 18.1 Å². The number of alkyl halides is 2. The van der Waals surface area contributed by atoms with E-state index in [9.17, 15) is 23.5 Å². The third-order valence-corrected chi connectivity index (χ3v) is 5.54. The summed E-state index contributed by atoms with van der Waals surface area (Å²) in [5.41, 5.74) is 2.57. The summed E-state index contributed by atoms with van der Waals surface area (Å²) in [7, 11) is 0. The second-order valence-corrected chi connectivity index (χ2v) is 7.47. The van der Waals surface area contributed by atoms with Crippen LogP contribution in [0.1, 0.15) is 36.6 Å². The minimum Gasteiger partial charge on any atom is -0.507 e. The molecule has 1 amide bonds. The number of anilines is 1. The average Bonchev–Trinajstić information content (AvgIpc) is 2.99. The summed E-state index contributed by atoms with van der Waals surface area (Å²) in [5, 5.41) is 10.9. The van der Waals surface area contributed by atoms with E-state index in [1.165, 1.54) is 0 Å². The van der Waals surface area contributed by atoms with E-state index in [1.807, 2.05) is 32.9 Å². The third-order valence-electron chi connectivity index (χ3n) is 5.54. The number of benzene rings is 2. The molecule has 164 valence electrons. The molecular weight excluding hydrogens is 402 g/mol. The van der Waals surface area contributed by atoms with Gasteiger partial charge in [0.2, 0.25) is 0 Å². The van der Waals surface area contributed by atoms with Crippen molar-refractivity contribution in [2.24, 2.45) is 0 Å². The molecule has 0 bridgehead atoms. The highest BCUT2D eigenvalue weighted by Crippen LogP contribution is 2.40. The Morgan fingerprint density at radius 2 is 1.61 bits per heavy atom. The van der Waals surface area contributed by atoms with Crippen LogP contribution in [0, 0.1) is 6.92 Å². The van der Waals surface area contributed by atoms with Crippen LogP contribution in [0.25, 0.3) is 5.76 Å². The Morgan fingerprint density at radius 3 is 2.13 bits per heavy atom. The topological polar surface area (TPSA) is 60.9 Å². The zero-order valence-electron chi connectivity index (χ0n) is 17.8. The SMILES string of the molecule is CCN(CC)c1ccc([C@H]2C(=C(O)c3ccc(C)cc3)C(=O)C(=O)N2CC(F)F)cc1. The van der Waals surface area contributed by atoms with Gasteiger partial charge < -0.3 is 14.9 Å². The number of carbonyl (C=O) groups excluding carboxylic acids is 2. The van der Waals surface area contributed by atoms with Crippen LogP contribution in [0.3, 0.4) is 0 Å². The Bertz CT molecular complexity index is 981. The number of likely N-dealkylation sites (tertiary alicyclic amines) is 1. The number of amides is 1. The van der Waals surface area contributed by atoms with Gasteiger partial charge in [0.15, 0.2) is 0 Å². The molecule has 3 rings (SSSR count). The Balaban J connectivity index is 2.12. The summed E-state index contributed by atoms with van der Waals surface area (Å²) in [6.45, 7) is 6.63. The standard InChI is InChI=1S/C24H26F2N2O3/c1-4-27(5-2)18-12-10-16(11-13-18)21-20(22(29)17-8-6-15(3)7-9-17)23(30)24(31)28(21)14-19(25)26/h6-13,19,21,29H,4-5,14H2,1-3H3/t21-/m0/s1. The first-order valence-corrected chi connectivity index (χ1v) is 10.3. The van der Waals surface area contributed by atoms with Crippen LogP contribution in [0.5, 0.6) is 0 Å². The van der Waals surface area contributed by atoms with Crippen molar-refractivity contribution in [2.75, 3.05) is 24.5 Å². The first kappa shape index (κ1) is 22.5. The number of halogens is 2. The Hall–Kier alpha value is -3.22. The van der Waals surface area contributed by atoms with E-state index in [4.69, 9.17) is 0 Å². The lowest BCUT2D eigenvalue weighted by Crippen LogP contribution is -2.34. The molecule has 7 heteroatoms. The van der Waals surface area contributed by atoms with Crippen molar-refractivity contribution in [3.63, 3.8) is 0 Å². The summed E-state index contributed by atoms with van der Waals surface area (Å²) in [5.74, 6) is -2.36. The lowest BCUT2D eigenvalue weighted by Gasteiger charge is -2.26. The highest BCUT2D eigenvalue weighted by Gasteiger charge is 2.46. The first-order valence-electron chi connectivity index (χ1n) is 10.3. The van der Waals surface area contributed by atoms with Crippen LogP contribution < -0.4 is 4.90 Å². The second-order valence-electron chi connectivity index (χ2n) is 7.47. The highest BCUT2D eigenvalue weighted by molar-refractivity contribution is 6.46. The number of aryl methyl sites for hydroxylation is 1. The van der Waals surface area contributed by atoms with Crippen molar-refractivity contribution in [2.45, 2.75) is 33.2 Å². The van der Waals surface area contributed by atoms with E-state index >= 15 is 0 Å². The minimum absolute atomic E-state index is 0.176. The lowest BCUT2D eigenvalue weighted by molar-refractivity contribution is -0.141. The first-order chi connectivity index (χ1) is 14.8. The number of nitrogens with zero attached hydrogens (tertiary/aromatic N) is 2. The monoisotopic (exact) mass is 428 g/mol. The number of carbonyl (C=O) groups is 2. The fourth-order valence-corrected chi connectivity index (χ4v) is 3.89. The van der Waals surface area contributed by atoms with Crippen molar-refractivity contribution < 1.29 is 23.5 Å². The van der Waals surface area contributed by atoms with Crippen molar-refractivity contribution in [1.29, 1.82) is 0 Å². The molecule has 0 radical (unpaired) electrons. The Kier molecular flexibility index (Phi) is 6.73. The number of ketones is 1. The minimum atomic E-state index is -2.81. The van der Waals surface area contributed by atoms with E-state index in [1.54, 1.807) is 36.4 Å². The van der Waals surface area contributed by atoms with Gasteiger partial charge in [-0.25, -0.2) is 8.78 Å². The molecule has 0 unspecified atom stereocenters. The van der Waals surface area contributed by atoms with Crippen LogP contribution in [-0.2, 0) is 9.59 Å². The summed E-state index contributed by atoms with van der Waals surface area (Å²) >= 11 is 0. The fraction of sp³-hybridized carbons (Fsp3) is 0.333. The number of Topliss-reactive ketones (excluding diaryl/α,β-unsaturated/α-hetero) is 1. The van der Waals surface area contributed by atoms with Gasteiger partial charge in [-0.3, -0.25) is 9.59 Å². The van der Waals surface area contributed by atoms with Crippen LogP contribution in [0.15, 0.2) is 54.1 Å². The van der Waals surface area contributed by atoms with Gasteiger partial charge in [0.1, 0.15) is 5.76 Å². The van der Waals surface area contributed by atoms with Crippen LogP contribution in [-0.4, -0.2) is 47.8 Å². The van der Waals surface area contributed by atoms with Gasteiger partial charge in [-0.1, -0.05) is 42.0 Å². The van der Waals surface area contributed by atoms with Crippen molar-refractivity contribution in [3.05, 3.63) is 70.8 Å². The molecule has 1 atom stereocenters. The molecule has 2 aromatic carbocycles. The summed E-state index contributed by atoms with van der Waals surface area (Å²) in [6.07, 6.45) is -2.81. The van der Waals surface area contributed by atoms with E-state index in [-0.39, 0.29) is 11.3 Å². The molecule has 5 nitrogen and oxygen atoms in total. The summed E-state index contributed by atoms with van der Waals surface area (Å²) < 4.78 is 26.5. The molecular formula is C24H26F2N2O3. The van der Waals surface area contributed by atoms with Gasteiger partial charge in [0.05, 0.1) is 18.2 Å². The number of rotatable bonds is 7. The largest absolute Gasteiger partial charge is 0.507 e. The molecule has 0 aromatic heterocycles. The van der Waals surface area contributed by atoms with Crippen molar-refractivity contribution >= 4 is 23.1 Å². The number of aliphatic hydroxyl groups is 1.